The molecule has 1 aliphatic carbocycles. The molecule has 0 saturated heterocycles. The molecule has 0 amide bonds. The number of benzene rings is 1. The van der Waals surface area contributed by atoms with Gasteiger partial charge in [-0.1, -0.05) is 12.1 Å². The number of hydrogen-bond acceptors (Lipinski definition) is 5. The number of thiophene rings is 1. The van der Waals surface area contributed by atoms with E-state index in [1.165, 1.54) is 5.56 Å². The monoisotopic (exact) mass is 336 g/mol. The molecule has 4 rings (SSSR count). The van der Waals surface area contributed by atoms with Gasteiger partial charge in [0.25, 0.3) is 0 Å². The maximum atomic E-state index is 9.59. The summed E-state index contributed by atoms with van der Waals surface area (Å²) < 4.78 is 11.3. The SMILES string of the molecule is COc1ccc2c(c1)C1=C(CC2)C(c2cccs2)C(C#N)=C(N)O1. The molecule has 4 nitrogen and oxygen atoms in total. The Morgan fingerprint density at radius 2 is 2.21 bits per heavy atom. The summed E-state index contributed by atoms with van der Waals surface area (Å²) in [6.07, 6.45) is 1.78. The third-order valence-electron chi connectivity index (χ3n) is 4.58. The lowest BCUT2D eigenvalue weighted by Crippen LogP contribution is -2.23. The van der Waals surface area contributed by atoms with Crippen molar-refractivity contribution in [3.8, 4) is 11.8 Å². The number of aryl methyl sites for hydroxylation is 1. The molecular formula is C19H16N2O2S. The number of fused-ring (bicyclic) bond motifs is 2. The zero-order valence-corrected chi connectivity index (χ0v) is 14.0. The van der Waals surface area contributed by atoms with Crippen molar-refractivity contribution < 1.29 is 9.47 Å². The Bertz CT molecular complexity index is 904. The lowest BCUT2D eigenvalue weighted by molar-refractivity contribution is 0.349. The lowest BCUT2D eigenvalue weighted by Gasteiger charge is -2.32. The van der Waals surface area contributed by atoms with Gasteiger partial charge < -0.3 is 15.2 Å². The summed E-state index contributed by atoms with van der Waals surface area (Å²) in [6, 6.07) is 12.3. The predicted octanol–water partition coefficient (Wildman–Crippen LogP) is 3.92. The van der Waals surface area contributed by atoms with Gasteiger partial charge in [-0.05, 0) is 47.6 Å². The normalized spacial score (nSPS) is 19.2. The first-order chi connectivity index (χ1) is 11.7. The third kappa shape index (κ3) is 2.19. The molecule has 1 aromatic carbocycles. The topological polar surface area (TPSA) is 68.3 Å². The number of nitrogens with zero attached hydrogens (tertiary/aromatic N) is 1. The minimum Gasteiger partial charge on any atom is -0.497 e. The molecule has 120 valence electrons. The highest BCUT2D eigenvalue weighted by Gasteiger charge is 2.36. The maximum Gasteiger partial charge on any atom is 0.205 e. The van der Waals surface area contributed by atoms with Gasteiger partial charge >= 0.3 is 0 Å². The molecule has 0 bridgehead atoms. The molecule has 2 N–H and O–H groups in total. The fourth-order valence-electron chi connectivity index (χ4n) is 3.43. The Morgan fingerprint density at radius 1 is 1.33 bits per heavy atom. The standard InChI is InChI=1S/C19H16N2O2S/c1-22-12-6-4-11-5-7-13-17(16-3-2-8-24-16)15(10-20)19(21)23-18(13)14(11)9-12/h2-4,6,8-9,17H,5,7,21H2,1H3. The quantitative estimate of drug-likeness (QED) is 0.902. The van der Waals surface area contributed by atoms with E-state index in [-0.39, 0.29) is 11.8 Å². The largest absolute Gasteiger partial charge is 0.497 e. The molecule has 5 heteroatoms. The van der Waals surface area contributed by atoms with Gasteiger partial charge in [0.1, 0.15) is 23.2 Å². The molecule has 1 aromatic heterocycles. The van der Waals surface area contributed by atoms with Gasteiger partial charge in [-0.25, -0.2) is 0 Å². The molecule has 0 fully saturated rings. The van der Waals surface area contributed by atoms with E-state index in [0.717, 1.165) is 40.4 Å². The minimum absolute atomic E-state index is 0.113. The van der Waals surface area contributed by atoms with Crippen LogP contribution in [0.25, 0.3) is 5.76 Å². The van der Waals surface area contributed by atoms with Crippen molar-refractivity contribution in [3.05, 3.63) is 68.7 Å². The number of methoxy groups -OCH3 is 1. The maximum absolute atomic E-state index is 9.59. The number of hydrogen-bond donors (Lipinski definition) is 1. The Morgan fingerprint density at radius 3 is 2.92 bits per heavy atom. The Kier molecular flexibility index (Phi) is 3.55. The van der Waals surface area contributed by atoms with E-state index in [1.54, 1.807) is 18.4 Å². The first-order valence-electron chi connectivity index (χ1n) is 7.74. The van der Waals surface area contributed by atoms with Crippen LogP contribution in [0.3, 0.4) is 0 Å². The molecule has 24 heavy (non-hydrogen) atoms. The van der Waals surface area contributed by atoms with Gasteiger partial charge in [0, 0.05) is 10.4 Å². The van der Waals surface area contributed by atoms with E-state index in [1.807, 2.05) is 23.6 Å². The van der Waals surface area contributed by atoms with Crippen molar-refractivity contribution in [2.75, 3.05) is 7.11 Å². The van der Waals surface area contributed by atoms with Gasteiger partial charge in [-0.3, -0.25) is 0 Å². The van der Waals surface area contributed by atoms with Gasteiger partial charge in [0.2, 0.25) is 5.88 Å². The van der Waals surface area contributed by atoms with E-state index < -0.39 is 0 Å². The molecule has 0 radical (unpaired) electrons. The van der Waals surface area contributed by atoms with E-state index >= 15 is 0 Å². The zero-order chi connectivity index (χ0) is 16.7. The lowest BCUT2D eigenvalue weighted by atomic mass is 9.79. The van der Waals surface area contributed by atoms with Crippen LogP contribution in [0.1, 0.15) is 28.3 Å². The minimum atomic E-state index is -0.113. The van der Waals surface area contributed by atoms with Crippen molar-refractivity contribution in [1.82, 2.24) is 0 Å². The number of rotatable bonds is 2. The molecule has 1 atom stereocenters. The summed E-state index contributed by atoms with van der Waals surface area (Å²) in [4.78, 5) is 1.12. The fraction of sp³-hybridized carbons (Fsp3) is 0.211. The summed E-state index contributed by atoms with van der Waals surface area (Å²) in [7, 11) is 1.65. The first-order valence-corrected chi connectivity index (χ1v) is 8.62. The molecule has 0 saturated carbocycles. The second kappa shape index (κ2) is 5.73. The number of nitriles is 1. The van der Waals surface area contributed by atoms with Crippen LogP contribution in [-0.2, 0) is 11.2 Å². The van der Waals surface area contributed by atoms with Crippen LogP contribution in [-0.4, -0.2) is 7.11 Å². The fourth-order valence-corrected chi connectivity index (χ4v) is 4.30. The Labute approximate surface area is 144 Å². The predicted molar refractivity (Wildman–Crippen MR) is 93.2 cm³/mol. The Balaban J connectivity index is 1.91. The summed E-state index contributed by atoms with van der Waals surface area (Å²) in [5.74, 6) is 1.65. The highest BCUT2D eigenvalue weighted by atomic mass is 32.1. The zero-order valence-electron chi connectivity index (χ0n) is 13.2. The van der Waals surface area contributed by atoms with Crippen LogP contribution < -0.4 is 10.5 Å². The average molecular weight is 336 g/mol. The van der Waals surface area contributed by atoms with Gasteiger partial charge in [-0.15, -0.1) is 11.3 Å². The average Bonchev–Trinajstić information content (AvgIpc) is 3.14. The van der Waals surface area contributed by atoms with Crippen molar-refractivity contribution in [2.24, 2.45) is 5.73 Å². The third-order valence-corrected chi connectivity index (χ3v) is 5.52. The molecular weight excluding hydrogens is 320 g/mol. The molecule has 2 aliphatic rings. The second-order valence-corrected chi connectivity index (χ2v) is 6.80. The Hall–Kier alpha value is -2.71. The summed E-state index contributed by atoms with van der Waals surface area (Å²) >= 11 is 1.64. The summed E-state index contributed by atoms with van der Waals surface area (Å²) in [5.41, 5.74) is 9.95. The van der Waals surface area contributed by atoms with Crippen LogP contribution in [0.2, 0.25) is 0 Å². The van der Waals surface area contributed by atoms with Gasteiger partial charge in [-0.2, -0.15) is 5.26 Å². The van der Waals surface area contributed by atoms with Gasteiger partial charge in [0.15, 0.2) is 0 Å². The van der Waals surface area contributed by atoms with E-state index in [4.69, 9.17) is 15.2 Å². The van der Waals surface area contributed by atoms with Crippen molar-refractivity contribution in [3.63, 3.8) is 0 Å². The molecule has 0 spiro atoms. The van der Waals surface area contributed by atoms with Crippen LogP contribution in [0, 0.1) is 11.3 Å². The molecule has 1 unspecified atom stereocenters. The van der Waals surface area contributed by atoms with Crippen LogP contribution in [0.4, 0.5) is 0 Å². The van der Waals surface area contributed by atoms with E-state index in [9.17, 15) is 5.26 Å². The number of ether oxygens (including phenoxy) is 2. The highest BCUT2D eigenvalue weighted by Crippen LogP contribution is 2.48. The van der Waals surface area contributed by atoms with E-state index in [2.05, 4.69) is 18.2 Å². The summed E-state index contributed by atoms with van der Waals surface area (Å²) in [6.45, 7) is 0. The van der Waals surface area contributed by atoms with Crippen LogP contribution in [0.15, 0.2) is 52.7 Å². The molecule has 1 aliphatic heterocycles. The van der Waals surface area contributed by atoms with Crippen molar-refractivity contribution >= 4 is 17.1 Å². The second-order valence-electron chi connectivity index (χ2n) is 5.82. The van der Waals surface area contributed by atoms with E-state index in [0.29, 0.717) is 5.57 Å². The number of nitrogens with two attached hydrogens (primary N) is 1. The highest BCUT2D eigenvalue weighted by molar-refractivity contribution is 7.10. The van der Waals surface area contributed by atoms with Gasteiger partial charge in [0.05, 0.1) is 13.0 Å². The summed E-state index contributed by atoms with van der Waals surface area (Å²) in [5, 5.41) is 11.6. The van der Waals surface area contributed by atoms with Crippen molar-refractivity contribution in [2.45, 2.75) is 18.8 Å². The van der Waals surface area contributed by atoms with Crippen LogP contribution in [0.5, 0.6) is 5.75 Å². The first kappa shape index (κ1) is 14.9. The number of allylic oxidation sites excluding steroid dienone is 2. The smallest absolute Gasteiger partial charge is 0.205 e. The van der Waals surface area contributed by atoms with Crippen LogP contribution >= 0.6 is 11.3 Å². The molecule has 2 aromatic rings. The van der Waals surface area contributed by atoms with Crippen molar-refractivity contribution in [1.29, 1.82) is 5.26 Å². The molecule has 2 heterocycles.